The fourth-order valence-corrected chi connectivity index (χ4v) is 2.25. The highest BCUT2D eigenvalue weighted by Gasteiger charge is 2.12. The van der Waals surface area contributed by atoms with Gasteiger partial charge < -0.3 is 16.2 Å². The summed E-state index contributed by atoms with van der Waals surface area (Å²) < 4.78 is 13.5. The van der Waals surface area contributed by atoms with Crippen LogP contribution in [0.25, 0.3) is 0 Å². The maximum atomic E-state index is 13.0. The number of nitrogen functional groups attached to an aromatic ring is 1. The van der Waals surface area contributed by atoms with Crippen LogP contribution >= 0.6 is 22.6 Å². The molecule has 4 N–H and O–H groups in total. The van der Waals surface area contributed by atoms with Gasteiger partial charge in [0.2, 0.25) is 0 Å². The number of hydrogen-bond acceptors (Lipinski definition) is 3. The van der Waals surface area contributed by atoms with Gasteiger partial charge in [-0.05, 0) is 52.9 Å². The lowest BCUT2D eigenvalue weighted by Crippen LogP contribution is -2.14. The van der Waals surface area contributed by atoms with Gasteiger partial charge in [-0.15, -0.1) is 0 Å². The van der Waals surface area contributed by atoms with Crippen LogP contribution in [0.3, 0.4) is 0 Å². The van der Waals surface area contributed by atoms with Gasteiger partial charge in [-0.3, -0.25) is 4.79 Å². The number of anilines is 2. The van der Waals surface area contributed by atoms with Crippen molar-refractivity contribution >= 4 is 39.9 Å². The van der Waals surface area contributed by atoms with Crippen LogP contribution in [-0.4, -0.2) is 11.0 Å². The number of halogens is 2. The average Bonchev–Trinajstić information content (AvgIpc) is 2.32. The van der Waals surface area contributed by atoms with Crippen LogP contribution in [0.2, 0.25) is 0 Å². The summed E-state index contributed by atoms with van der Waals surface area (Å²) in [5.74, 6) is -0.765. The normalized spacial score (nSPS) is 10.2. The summed E-state index contributed by atoms with van der Waals surface area (Å²) >= 11 is 1.89. The Morgan fingerprint density at radius 2 is 2.00 bits per heavy atom. The zero-order chi connectivity index (χ0) is 14.0. The lowest BCUT2D eigenvalue weighted by molar-refractivity contribution is 0.102. The van der Waals surface area contributed by atoms with E-state index in [0.717, 1.165) is 0 Å². The first-order valence-corrected chi connectivity index (χ1v) is 6.40. The Balaban J connectivity index is 2.25. The van der Waals surface area contributed by atoms with E-state index in [1.165, 1.54) is 36.4 Å². The molecule has 1 amide bonds. The molecular weight excluding hydrogens is 362 g/mol. The van der Waals surface area contributed by atoms with Crippen molar-refractivity contribution in [3.8, 4) is 5.75 Å². The summed E-state index contributed by atoms with van der Waals surface area (Å²) in [5.41, 5.74) is 6.68. The molecule has 0 saturated carbocycles. The van der Waals surface area contributed by atoms with E-state index >= 15 is 0 Å². The Morgan fingerprint density at radius 1 is 1.26 bits per heavy atom. The number of phenols is 1. The first-order valence-electron chi connectivity index (χ1n) is 5.32. The van der Waals surface area contributed by atoms with E-state index in [2.05, 4.69) is 5.32 Å². The Hall–Kier alpha value is -1.83. The largest absolute Gasteiger partial charge is 0.508 e. The predicted molar refractivity (Wildman–Crippen MR) is 79.6 cm³/mol. The summed E-state index contributed by atoms with van der Waals surface area (Å²) in [4.78, 5) is 12.0. The molecule has 0 bridgehead atoms. The molecule has 4 nitrogen and oxygen atoms in total. The van der Waals surface area contributed by atoms with Crippen molar-refractivity contribution in [2.45, 2.75) is 0 Å². The van der Waals surface area contributed by atoms with E-state index in [4.69, 9.17) is 5.73 Å². The van der Waals surface area contributed by atoms with Crippen LogP contribution in [0.15, 0.2) is 36.4 Å². The van der Waals surface area contributed by atoms with Crippen molar-refractivity contribution in [3.63, 3.8) is 0 Å². The summed E-state index contributed by atoms with van der Waals surface area (Å²) in [5, 5.41) is 11.8. The lowest BCUT2D eigenvalue weighted by Gasteiger charge is -2.09. The predicted octanol–water partition coefficient (Wildman–Crippen LogP) is 2.97. The molecular formula is C13H10FIN2O2. The highest BCUT2D eigenvalue weighted by Crippen LogP contribution is 2.24. The van der Waals surface area contributed by atoms with E-state index in [1.54, 1.807) is 0 Å². The van der Waals surface area contributed by atoms with Crippen molar-refractivity contribution in [1.82, 2.24) is 0 Å². The van der Waals surface area contributed by atoms with Gasteiger partial charge in [0.15, 0.2) is 0 Å². The third-order valence-electron chi connectivity index (χ3n) is 2.46. The SMILES string of the molecule is Nc1cc(O)ccc1NC(=O)c1ccc(F)cc1I. The van der Waals surface area contributed by atoms with Crippen LogP contribution in [-0.2, 0) is 0 Å². The molecule has 0 aromatic heterocycles. The molecule has 6 heteroatoms. The highest BCUT2D eigenvalue weighted by atomic mass is 127. The number of carbonyl (C=O) groups is 1. The van der Waals surface area contributed by atoms with Gasteiger partial charge in [-0.25, -0.2) is 4.39 Å². The Labute approximate surface area is 122 Å². The first kappa shape index (κ1) is 13.6. The maximum absolute atomic E-state index is 13.0. The summed E-state index contributed by atoms with van der Waals surface area (Å²) in [6.45, 7) is 0. The molecule has 2 aromatic rings. The quantitative estimate of drug-likeness (QED) is 0.431. The molecule has 98 valence electrons. The summed E-state index contributed by atoms with van der Waals surface area (Å²) in [6, 6.07) is 8.15. The first-order chi connectivity index (χ1) is 8.97. The lowest BCUT2D eigenvalue weighted by atomic mass is 10.2. The van der Waals surface area contributed by atoms with Crippen molar-refractivity contribution in [1.29, 1.82) is 0 Å². The molecule has 19 heavy (non-hydrogen) atoms. The number of rotatable bonds is 2. The summed E-state index contributed by atoms with van der Waals surface area (Å²) in [7, 11) is 0. The number of benzene rings is 2. The van der Waals surface area contributed by atoms with Gasteiger partial charge in [-0.1, -0.05) is 0 Å². The molecule has 0 aliphatic heterocycles. The van der Waals surface area contributed by atoms with Crippen molar-refractivity contribution in [3.05, 3.63) is 51.3 Å². The Morgan fingerprint density at radius 3 is 2.63 bits per heavy atom. The molecule has 0 atom stereocenters. The number of nitrogens with one attached hydrogen (secondary N) is 1. The van der Waals surface area contributed by atoms with Crippen molar-refractivity contribution < 1.29 is 14.3 Å². The molecule has 2 rings (SSSR count). The van der Waals surface area contributed by atoms with E-state index in [-0.39, 0.29) is 17.3 Å². The Bertz CT molecular complexity index is 647. The van der Waals surface area contributed by atoms with E-state index in [1.807, 2.05) is 22.6 Å². The minimum absolute atomic E-state index is 0.0202. The molecule has 0 radical (unpaired) electrons. The van der Waals surface area contributed by atoms with Gasteiger partial charge in [0, 0.05) is 9.64 Å². The number of aromatic hydroxyl groups is 1. The van der Waals surface area contributed by atoms with Crippen LogP contribution in [0.5, 0.6) is 5.75 Å². The highest BCUT2D eigenvalue weighted by molar-refractivity contribution is 14.1. The van der Waals surface area contributed by atoms with Crippen molar-refractivity contribution in [2.75, 3.05) is 11.1 Å². The maximum Gasteiger partial charge on any atom is 0.256 e. The van der Waals surface area contributed by atoms with E-state index < -0.39 is 5.82 Å². The van der Waals surface area contributed by atoms with Gasteiger partial charge in [0.05, 0.1) is 16.9 Å². The minimum atomic E-state index is -0.398. The fraction of sp³-hybridized carbons (Fsp3) is 0. The Kier molecular flexibility index (Phi) is 3.89. The van der Waals surface area contributed by atoms with Gasteiger partial charge >= 0.3 is 0 Å². The van der Waals surface area contributed by atoms with Gasteiger partial charge in [0.25, 0.3) is 5.91 Å². The second kappa shape index (κ2) is 5.43. The zero-order valence-electron chi connectivity index (χ0n) is 9.65. The number of phenolic OH excluding ortho intramolecular Hbond substituents is 1. The topological polar surface area (TPSA) is 75.3 Å². The zero-order valence-corrected chi connectivity index (χ0v) is 11.8. The van der Waals surface area contributed by atoms with Gasteiger partial charge in [0.1, 0.15) is 11.6 Å². The number of hydrogen-bond donors (Lipinski definition) is 3. The fourth-order valence-electron chi connectivity index (χ4n) is 1.53. The molecule has 0 spiro atoms. The van der Waals surface area contributed by atoms with E-state index in [0.29, 0.717) is 14.8 Å². The van der Waals surface area contributed by atoms with Gasteiger partial charge in [-0.2, -0.15) is 0 Å². The molecule has 0 aliphatic rings. The third-order valence-corrected chi connectivity index (χ3v) is 3.35. The number of amides is 1. The molecule has 0 fully saturated rings. The third kappa shape index (κ3) is 3.14. The summed E-state index contributed by atoms with van der Waals surface area (Å²) in [6.07, 6.45) is 0. The van der Waals surface area contributed by atoms with Crippen LogP contribution in [0.1, 0.15) is 10.4 Å². The number of carbonyl (C=O) groups excluding carboxylic acids is 1. The van der Waals surface area contributed by atoms with Crippen LogP contribution < -0.4 is 11.1 Å². The van der Waals surface area contributed by atoms with Crippen LogP contribution in [0, 0.1) is 9.39 Å². The average molecular weight is 372 g/mol. The smallest absolute Gasteiger partial charge is 0.256 e. The van der Waals surface area contributed by atoms with Crippen molar-refractivity contribution in [2.24, 2.45) is 0 Å². The molecule has 0 aliphatic carbocycles. The molecule has 2 aromatic carbocycles. The second-order valence-electron chi connectivity index (χ2n) is 3.85. The standard InChI is InChI=1S/C13H10FIN2O2/c14-7-1-3-9(10(15)5-7)13(19)17-12-4-2-8(18)6-11(12)16/h1-6,18H,16H2,(H,17,19). The minimum Gasteiger partial charge on any atom is -0.508 e. The van der Waals surface area contributed by atoms with E-state index in [9.17, 15) is 14.3 Å². The molecule has 0 heterocycles. The second-order valence-corrected chi connectivity index (χ2v) is 5.01. The molecule has 0 saturated heterocycles. The molecule has 0 unspecified atom stereocenters. The van der Waals surface area contributed by atoms with Crippen LogP contribution in [0.4, 0.5) is 15.8 Å². The monoisotopic (exact) mass is 372 g/mol. The number of nitrogens with two attached hydrogens (primary N) is 1.